The maximum atomic E-state index is 16.8. The number of benzene rings is 6. The molecule has 0 bridgehead atoms. The van der Waals surface area contributed by atoms with Gasteiger partial charge >= 0.3 is 0 Å². The van der Waals surface area contributed by atoms with Crippen molar-refractivity contribution >= 4 is 22.8 Å². The van der Waals surface area contributed by atoms with Crippen LogP contribution in [0.15, 0.2) is 141 Å². The maximum absolute atomic E-state index is 16.8. The molecule has 6 aromatic rings. The fraction of sp³-hybridized carbons (Fsp3) is 0.130. The van der Waals surface area contributed by atoms with Crippen molar-refractivity contribution in [1.29, 1.82) is 0 Å². The Labute approximate surface area is 319 Å². The van der Waals surface area contributed by atoms with E-state index in [1.54, 1.807) is 48.5 Å². The zero-order chi connectivity index (χ0) is 39.5. The van der Waals surface area contributed by atoms with Gasteiger partial charge in [0.1, 0.15) is 11.6 Å². The van der Waals surface area contributed by atoms with E-state index in [4.69, 9.17) is 20.0 Å². The molecule has 0 spiro atoms. The van der Waals surface area contributed by atoms with Crippen LogP contribution >= 0.6 is 0 Å². The van der Waals surface area contributed by atoms with Gasteiger partial charge in [-0.15, -0.1) is 0 Å². The second kappa shape index (κ2) is 13.7. The number of hydrogen-bond acceptors (Lipinski definition) is 4. The third-order valence-electron chi connectivity index (χ3n) is 9.97. The van der Waals surface area contributed by atoms with Gasteiger partial charge in [-0.3, -0.25) is 0 Å². The minimum Gasteiger partial charge on any atom is -0.243 e. The van der Waals surface area contributed by atoms with E-state index in [0.29, 0.717) is 46.5 Å². The molecule has 0 aliphatic carbocycles. The molecule has 2 heterocycles. The van der Waals surface area contributed by atoms with Gasteiger partial charge in [0.25, 0.3) is 0 Å². The van der Waals surface area contributed by atoms with E-state index in [0.717, 1.165) is 22.3 Å². The van der Waals surface area contributed by atoms with Crippen LogP contribution < -0.4 is 0 Å². The quantitative estimate of drug-likeness (QED) is 0.115. The molecule has 2 aliphatic rings. The molecule has 0 N–H and O–H groups in total. The minimum absolute atomic E-state index is 0.164. The lowest BCUT2D eigenvalue weighted by atomic mass is 9.81. The van der Waals surface area contributed by atoms with Crippen LogP contribution in [0.25, 0.3) is 0 Å². The molecule has 0 saturated heterocycles. The topological polar surface area (TPSA) is 49.4 Å². The van der Waals surface area contributed by atoms with Crippen LogP contribution in [-0.2, 0) is 11.3 Å². The first-order chi connectivity index (χ1) is 26.8. The van der Waals surface area contributed by atoms with Gasteiger partial charge in [-0.2, -0.15) is 0 Å². The number of rotatable bonds is 7. The zero-order valence-corrected chi connectivity index (χ0v) is 30.6. The summed E-state index contributed by atoms with van der Waals surface area (Å²) in [6.07, 6.45) is 0. The van der Waals surface area contributed by atoms with Gasteiger partial charge in [0.05, 0.1) is 22.8 Å². The second-order valence-electron chi connectivity index (χ2n) is 14.2. The molecule has 4 nitrogen and oxygen atoms in total. The Kier molecular flexibility index (Phi) is 8.95. The van der Waals surface area contributed by atoms with Crippen LogP contribution in [0.3, 0.4) is 0 Å². The van der Waals surface area contributed by atoms with Crippen LogP contribution in [0.5, 0.6) is 0 Å². The Hall–Kier alpha value is -6.42. The van der Waals surface area contributed by atoms with Crippen LogP contribution in [0, 0.1) is 62.6 Å². The normalized spacial score (nSPS) is 15.7. The highest BCUT2D eigenvalue weighted by Gasteiger charge is 2.63. The van der Waals surface area contributed by atoms with Crippen molar-refractivity contribution in [2.45, 2.75) is 39.0 Å². The summed E-state index contributed by atoms with van der Waals surface area (Å²) in [6.45, 7) is 7.43. The highest BCUT2D eigenvalue weighted by atomic mass is 19.2. The molecule has 0 amide bonds. The van der Waals surface area contributed by atoms with Crippen LogP contribution in [0.4, 0.5) is 26.3 Å². The van der Waals surface area contributed by atoms with Gasteiger partial charge in [0.2, 0.25) is 11.3 Å². The van der Waals surface area contributed by atoms with Crippen LogP contribution in [0.1, 0.15) is 55.6 Å². The molecule has 0 aromatic heterocycles. The van der Waals surface area contributed by atoms with Gasteiger partial charge in [-0.25, -0.2) is 46.3 Å². The first-order valence-corrected chi connectivity index (χ1v) is 17.8. The highest BCUT2D eigenvalue weighted by molar-refractivity contribution is 6.56. The van der Waals surface area contributed by atoms with Crippen molar-refractivity contribution in [3.05, 3.63) is 212 Å². The average molecular weight is 755 g/mol. The van der Waals surface area contributed by atoms with E-state index in [9.17, 15) is 8.78 Å². The fourth-order valence-corrected chi connectivity index (χ4v) is 7.39. The molecular weight excluding hydrogens is 723 g/mol. The van der Waals surface area contributed by atoms with Gasteiger partial charge in [-0.05, 0) is 64.1 Å². The summed E-state index contributed by atoms with van der Waals surface area (Å²) in [4.78, 5) is 20.5. The van der Waals surface area contributed by atoms with Gasteiger partial charge in [0.15, 0.2) is 23.3 Å². The summed E-state index contributed by atoms with van der Waals surface area (Å²) in [5.74, 6) is -8.54. The lowest BCUT2D eigenvalue weighted by molar-refractivity contribution is 0.239. The van der Waals surface area contributed by atoms with E-state index in [-0.39, 0.29) is 22.8 Å². The Morgan fingerprint density at radius 2 is 0.571 bits per heavy atom. The number of hydrogen-bond donors (Lipinski definition) is 0. The standard InChI is InChI=1S/C46H32F6N4/c1-25-9-5-13-29(17-25)41-42(30-14-6-10-26(2)18-30)54-45(53-41,33-21-37(49)39(51)23-35(33)47)46(34-22-38(50)40(52)24-36(34)48)55-43(31-15-7-11-27(3)19-31)44(56-46)32-16-8-12-28(4)20-32/h5-24H,1-4H3. The highest BCUT2D eigenvalue weighted by Crippen LogP contribution is 2.56. The smallest absolute Gasteiger partial charge is 0.229 e. The molecule has 0 unspecified atom stereocenters. The Balaban J connectivity index is 1.61. The predicted molar refractivity (Wildman–Crippen MR) is 207 cm³/mol. The van der Waals surface area contributed by atoms with Crippen molar-refractivity contribution < 1.29 is 26.3 Å². The SMILES string of the molecule is Cc1cccc(C2=NC(c3cc(F)c(F)cc3F)(C3(c4cc(F)c(F)cc4F)N=C(c4cccc(C)c4)C(c4cccc(C)c4)=N3)N=C2c2cccc(C)c2)c1. The minimum atomic E-state index is -2.64. The number of aryl methyl sites for hydroxylation is 4. The molecule has 278 valence electrons. The van der Waals surface area contributed by atoms with E-state index in [2.05, 4.69) is 0 Å². The lowest BCUT2D eigenvalue weighted by Crippen LogP contribution is -2.44. The summed E-state index contributed by atoms with van der Waals surface area (Å²) in [7, 11) is 0. The Morgan fingerprint density at radius 1 is 0.321 bits per heavy atom. The van der Waals surface area contributed by atoms with Gasteiger partial charge in [-0.1, -0.05) is 95.1 Å². The van der Waals surface area contributed by atoms with E-state index >= 15 is 17.6 Å². The second-order valence-corrected chi connectivity index (χ2v) is 14.2. The third-order valence-corrected chi connectivity index (χ3v) is 9.97. The van der Waals surface area contributed by atoms with E-state index in [1.165, 1.54) is 0 Å². The largest absolute Gasteiger partial charge is 0.243 e. The molecule has 6 aromatic carbocycles. The first kappa shape index (κ1) is 36.6. The zero-order valence-electron chi connectivity index (χ0n) is 30.6. The monoisotopic (exact) mass is 754 g/mol. The van der Waals surface area contributed by atoms with Crippen LogP contribution in [-0.4, -0.2) is 22.8 Å². The molecule has 56 heavy (non-hydrogen) atoms. The summed E-state index contributed by atoms with van der Waals surface area (Å²) < 4.78 is 94.5. The van der Waals surface area contributed by atoms with E-state index in [1.807, 2.05) is 76.2 Å². The predicted octanol–water partition coefficient (Wildman–Crippen LogP) is 10.7. The Morgan fingerprint density at radius 3 is 0.821 bits per heavy atom. The molecule has 0 radical (unpaired) electrons. The van der Waals surface area contributed by atoms with Gasteiger partial charge < -0.3 is 0 Å². The van der Waals surface area contributed by atoms with Crippen molar-refractivity contribution in [3.63, 3.8) is 0 Å². The first-order valence-electron chi connectivity index (χ1n) is 17.8. The molecule has 0 saturated carbocycles. The van der Waals surface area contributed by atoms with Crippen molar-refractivity contribution in [2.75, 3.05) is 0 Å². The van der Waals surface area contributed by atoms with Crippen molar-refractivity contribution in [1.82, 2.24) is 0 Å². The fourth-order valence-electron chi connectivity index (χ4n) is 7.39. The summed E-state index contributed by atoms with van der Waals surface area (Å²) in [6, 6.07) is 30.6. The summed E-state index contributed by atoms with van der Waals surface area (Å²) in [5, 5.41) is 0. The number of halogens is 6. The molecule has 8 rings (SSSR count). The molecule has 2 aliphatic heterocycles. The van der Waals surface area contributed by atoms with E-state index < -0.39 is 57.4 Å². The number of aliphatic imine (C=N–C) groups is 4. The molecular formula is C46H32F6N4. The van der Waals surface area contributed by atoms with Gasteiger partial charge in [0, 0.05) is 45.5 Å². The Bertz CT molecular complexity index is 2420. The van der Waals surface area contributed by atoms with Crippen LogP contribution in [0.2, 0.25) is 0 Å². The molecule has 10 heteroatoms. The summed E-state index contributed by atoms with van der Waals surface area (Å²) in [5.41, 5.74) is -0.670. The summed E-state index contributed by atoms with van der Waals surface area (Å²) >= 11 is 0. The maximum Gasteiger partial charge on any atom is 0.229 e. The van der Waals surface area contributed by atoms with Crippen molar-refractivity contribution in [3.8, 4) is 0 Å². The molecule has 0 fully saturated rings. The third kappa shape index (κ3) is 6.05. The lowest BCUT2D eigenvalue weighted by Gasteiger charge is -2.38. The number of nitrogens with zero attached hydrogens (tertiary/aromatic N) is 4. The average Bonchev–Trinajstić information content (AvgIpc) is 3.77. The molecule has 0 atom stereocenters. The van der Waals surface area contributed by atoms with Crippen molar-refractivity contribution in [2.24, 2.45) is 20.0 Å².